The zero-order valence-electron chi connectivity index (χ0n) is 19.8. The molecule has 12 nitrogen and oxygen atoms in total. The molecule has 1 aromatic rings. The molecule has 1 saturated heterocycles. The number of hydrogen-bond acceptors (Lipinski definition) is 7. The lowest BCUT2D eigenvalue weighted by Gasteiger charge is -2.29. The number of carboxylic acids is 1. The highest BCUT2D eigenvalue weighted by atomic mass is 16.4. The van der Waals surface area contributed by atoms with E-state index in [0.717, 1.165) is 0 Å². The van der Waals surface area contributed by atoms with Crippen LogP contribution in [0.25, 0.3) is 0 Å². The van der Waals surface area contributed by atoms with Gasteiger partial charge in [-0.05, 0) is 36.5 Å². The summed E-state index contributed by atoms with van der Waals surface area (Å²) < 4.78 is 0. The molecule has 1 aliphatic heterocycles. The number of aromatic hydroxyl groups is 1. The maximum Gasteiger partial charge on any atom is 0.326 e. The summed E-state index contributed by atoms with van der Waals surface area (Å²) in [7, 11) is 0. The second-order valence-corrected chi connectivity index (χ2v) is 8.96. The van der Waals surface area contributed by atoms with E-state index in [9.17, 15) is 34.2 Å². The van der Waals surface area contributed by atoms with Crippen molar-refractivity contribution in [2.75, 3.05) is 6.54 Å². The lowest BCUT2D eigenvalue weighted by Crippen LogP contribution is -2.57. The van der Waals surface area contributed by atoms with Crippen molar-refractivity contribution in [3.63, 3.8) is 0 Å². The Hall–Kier alpha value is -3.67. The van der Waals surface area contributed by atoms with E-state index in [1.807, 2.05) is 0 Å². The number of phenols is 1. The fourth-order valence-corrected chi connectivity index (χ4v) is 3.80. The molecule has 4 unspecified atom stereocenters. The number of carbonyl (C=O) groups is 5. The number of nitrogens with one attached hydrogen (secondary N) is 2. The van der Waals surface area contributed by atoms with Crippen molar-refractivity contribution in [1.29, 1.82) is 0 Å². The Kier molecular flexibility index (Phi) is 9.58. The van der Waals surface area contributed by atoms with Gasteiger partial charge in [0.1, 0.15) is 23.9 Å². The first-order chi connectivity index (χ1) is 16.4. The lowest BCUT2D eigenvalue weighted by atomic mass is 10.0. The second kappa shape index (κ2) is 12.2. The summed E-state index contributed by atoms with van der Waals surface area (Å²) in [6.07, 6.45) is 0.310. The number of nitrogens with two attached hydrogens (primary N) is 2. The fraction of sp³-hybridized carbons (Fsp3) is 0.522. The standard InChI is InChI=1S/C23H33N5O7/c1-12(2)19(25)22(33)28-9-3-4-17(28)21(32)26-15(10-13-5-7-14(29)8-6-13)20(31)27-16(23(34)35)11-18(24)30/h5-8,12,15-17,19,29H,3-4,9-11,25H2,1-2H3,(H2,24,30)(H,26,32)(H,27,31)(H,34,35). The zero-order chi connectivity index (χ0) is 26.3. The Bertz CT molecular complexity index is 950. The van der Waals surface area contributed by atoms with Crippen LogP contribution < -0.4 is 22.1 Å². The number of amides is 4. The SMILES string of the molecule is CC(C)C(N)C(=O)N1CCCC1C(=O)NC(Cc1ccc(O)cc1)C(=O)NC(CC(N)=O)C(=O)O. The molecule has 192 valence electrons. The highest BCUT2D eigenvalue weighted by Gasteiger charge is 2.38. The number of primary amides is 1. The second-order valence-electron chi connectivity index (χ2n) is 8.96. The van der Waals surface area contributed by atoms with Gasteiger partial charge in [-0.15, -0.1) is 0 Å². The van der Waals surface area contributed by atoms with E-state index in [0.29, 0.717) is 24.9 Å². The maximum atomic E-state index is 13.2. The Balaban J connectivity index is 2.23. The number of benzene rings is 1. The molecule has 1 heterocycles. The number of rotatable bonds is 11. The van der Waals surface area contributed by atoms with Crippen LogP contribution in [0.4, 0.5) is 0 Å². The smallest absolute Gasteiger partial charge is 0.326 e. The molecule has 0 bridgehead atoms. The summed E-state index contributed by atoms with van der Waals surface area (Å²) >= 11 is 0. The van der Waals surface area contributed by atoms with Crippen LogP contribution in [0.2, 0.25) is 0 Å². The van der Waals surface area contributed by atoms with Crippen LogP contribution in [0.3, 0.4) is 0 Å². The van der Waals surface area contributed by atoms with Gasteiger partial charge in [-0.2, -0.15) is 0 Å². The molecule has 0 spiro atoms. The highest BCUT2D eigenvalue weighted by Crippen LogP contribution is 2.20. The van der Waals surface area contributed by atoms with Gasteiger partial charge in [-0.3, -0.25) is 19.2 Å². The van der Waals surface area contributed by atoms with Gasteiger partial charge >= 0.3 is 5.97 Å². The number of likely N-dealkylation sites (tertiary alicyclic amines) is 1. The molecule has 0 aliphatic carbocycles. The minimum Gasteiger partial charge on any atom is -0.508 e. The van der Waals surface area contributed by atoms with Crippen LogP contribution in [0.15, 0.2) is 24.3 Å². The zero-order valence-corrected chi connectivity index (χ0v) is 19.8. The molecule has 35 heavy (non-hydrogen) atoms. The monoisotopic (exact) mass is 491 g/mol. The number of carbonyl (C=O) groups excluding carboxylic acids is 4. The summed E-state index contributed by atoms with van der Waals surface area (Å²) in [4.78, 5) is 63.0. The van der Waals surface area contributed by atoms with Crippen LogP contribution in [0.5, 0.6) is 5.75 Å². The van der Waals surface area contributed by atoms with Gasteiger partial charge in [0, 0.05) is 13.0 Å². The third-order valence-electron chi connectivity index (χ3n) is 5.87. The molecule has 4 atom stereocenters. The summed E-state index contributed by atoms with van der Waals surface area (Å²) in [6.45, 7) is 3.96. The van der Waals surface area contributed by atoms with Crippen molar-refractivity contribution in [2.24, 2.45) is 17.4 Å². The predicted molar refractivity (Wildman–Crippen MR) is 125 cm³/mol. The number of nitrogens with zero attached hydrogens (tertiary/aromatic N) is 1. The van der Waals surface area contributed by atoms with Gasteiger partial charge in [-0.1, -0.05) is 26.0 Å². The number of aliphatic carboxylic acids is 1. The third-order valence-corrected chi connectivity index (χ3v) is 5.87. The first-order valence-corrected chi connectivity index (χ1v) is 11.4. The van der Waals surface area contributed by atoms with Gasteiger partial charge in [0.25, 0.3) is 0 Å². The van der Waals surface area contributed by atoms with E-state index >= 15 is 0 Å². The van der Waals surface area contributed by atoms with E-state index in [1.165, 1.54) is 17.0 Å². The molecule has 0 saturated carbocycles. The highest BCUT2D eigenvalue weighted by molar-refractivity contribution is 5.95. The first kappa shape index (κ1) is 27.6. The van der Waals surface area contributed by atoms with Crippen molar-refractivity contribution in [3.05, 3.63) is 29.8 Å². The summed E-state index contributed by atoms with van der Waals surface area (Å²) in [5.41, 5.74) is 11.6. The van der Waals surface area contributed by atoms with Crippen molar-refractivity contribution >= 4 is 29.6 Å². The van der Waals surface area contributed by atoms with Crippen LogP contribution in [0.1, 0.15) is 38.7 Å². The van der Waals surface area contributed by atoms with Gasteiger partial charge in [0.15, 0.2) is 0 Å². The maximum absolute atomic E-state index is 13.2. The largest absolute Gasteiger partial charge is 0.508 e. The quantitative estimate of drug-likeness (QED) is 0.222. The Morgan fingerprint density at radius 2 is 1.71 bits per heavy atom. The van der Waals surface area contributed by atoms with Crippen LogP contribution in [-0.2, 0) is 30.4 Å². The molecule has 8 N–H and O–H groups in total. The molecule has 4 amide bonds. The fourth-order valence-electron chi connectivity index (χ4n) is 3.80. The molecule has 0 radical (unpaired) electrons. The van der Waals surface area contributed by atoms with Crippen molar-refractivity contribution in [1.82, 2.24) is 15.5 Å². The number of carboxylic acid groups (broad SMARTS) is 1. The molecule has 0 aromatic heterocycles. The third kappa shape index (κ3) is 7.67. The van der Waals surface area contributed by atoms with E-state index in [2.05, 4.69) is 10.6 Å². The average molecular weight is 492 g/mol. The first-order valence-electron chi connectivity index (χ1n) is 11.4. The van der Waals surface area contributed by atoms with Crippen LogP contribution in [-0.4, -0.2) is 75.4 Å². The summed E-state index contributed by atoms with van der Waals surface area (Å²) in [5.74, 6) is -4.27. The predicted octanol–water partition coefficient (Wildman–Crippen LogP) is -1.16. The summed E-state index contributed by atoms with van der Waals surface area (Å²) in [6, 6.07) is 1.51. The van der Waals surface area contributed by atoms with Crippen LogP contribution in [0, 0.1) is 5.92 Å². The Morgan fingerprint density at radius 1 is 1.09 bits per heavy atom. The van der Waals surface area contributed by atoms with Gasteiger partial charge in [0.2, 0.25) is 23.6 Å². The average Bonchev–Trinajstić information content (AvgIpc) is 3.28. The number of hydrogen-bond donors (Lipinski definition) is 6. The molecule has 2 rings (SSSR count). The normalized spacial score (nSPS) is 17.9. The molecular formula is C23H33N5O7. The van der Waals surface area contributed by atoms with E-state index in [4.69, 9.17) is 11.5 Å². The Morgan fingerprint density at radius 3 is 2.26 bits per heavy atom. The summed E-state index contributed by atoms with van der Waals surface area (Å²) in [5, 5.41) is 23.7. The molecule has 1 aliphatic rings. The van der Waals surface area contributed by atoms with Gasteiger partial charge in [-0.25, -0.2) is 4.79 Å². The van der Waals surface area contributed by atoms with Crippen LogP contribution >= 0.6 is 0 Å². The molecular weight excluding hydrogens is 458 g/mol. The van der Waals surface area contributed by atoms with Gasteiger partial charge in [0.05, 0.1) is 12.5 Å². The number of phenolic OH excluding ortho intramolecular Hbond substituents is 1. The van der Waals surface area contributed by atoms with Crippen molar-refractivity contribution in [2.45, 2.75) is 63.7 Å². The van der Waals surface area contributed by atoms with Crippen molar-refractivity contribution < 1.29 is 34.2 Å². The molecule has 1 fully saturated rings. The lowest BCUT2D eigenvalue weighted by molar-refractivity contribution is -0.144. The minimum absolute atomic E-state index is 0.00721. The van der Waals surface area contributed by atoms with E-state index in [1.54, 1.807) is 26.0 Å². The Labute approximate surface area is 203 Å². The van der Waals surface area contributed by atoms with E-state index < -0.39 is 54.3 Å². The van der Waals surface area contributed by atoms with E-state index in [-0.39, 0.29) is 24.0 Å². The molecule has 12 heteroatoms. The molecule has 1 aromatic carbocycles. The topological polar surface area (TPSA) is 205 Å². The van der Waals surface area contributed by atoms with Crippen molar-refractivity contribution in [3.8, 4) is 5.75 Å². The minimum atomic E-state index is -1.58. The van der Waals surface area contributed by atoms with Gasteiger partial charge < -0.3 is 37.2 Å².